The zero-order valence-corrected chi connectivity index (χ0v) is 20.2. The fourth-order valence-electron chi connectivity index (χ4n) is 4.37. The van der Waals surface area contributed by atoms with Crippen LogP contribution in [0, 0.1) is 10.1 Å². The lowest BCUT2D eigenvalue weighted by Crippen LogP contribution is -2.12. The average Bonchev–Trinajstić information content (AvgIpc) is 3.40. The van der Waals surface area contributed by atoms with E-state index in [0.29, 0.717) is 17.4 Å². The molecule has 3 heterocycles. The van der Waals surface area contributed by atoms with E-state index >= 15 is 0 Å². The van der Waals surface area contributed by atoms with E-state index in [0.717, 1.165) is 16.9 Å². The van der Waals surface area contributed by atoms with Gasteiger partial charge in [-0.3, -0.25) is 15.1 Å². The summed E-state index contributed by atoms with van der Waals surface area (Å²) in [6, 6.07) is 14.6. The predicted molar refractivity (Wildman–Crippen MR) is 140 cm³/mol. The number of hydrogen-bond acceptors (Lipinski definition) is 8. The maximum absolute atomic E-state index is 11.6. The molecular formula is C26H26N6O2S. The van der Waals surface area contributed by atoms with Gasteiger partial charge in [-0.25, -0.2) is 9.97 Å². The molecule has 35 heavy (non-hydrogen) atoms. The smallest absolute Gasteiger partial charge is 0.311 e. The van der Waals surface area contributed by atoms with Crippen molar-refractivity contribution in [2.75, 3.05) is 17.3 Å². The molecule has 0 amide bonds. The summed E-state index contributed by atoms with van der Waals surface area (Å²) >= 11 is 1.74. The Morgan fingerprint density at radius 1 is 1.06 bits per heavy atom. The first kappa shape index (κ1) is 22.9. The van der Waals surface area contributed by atoms with Crippen LogP contribution in [0.2, 0.25) is 0 Å². The Labute approximate surface area is 207 Å². The highest BCUT2D eigenvalue weighted by molar-refractivity contribution is 7.10. The first-order valence-electron chi connectivity index (χ1n) is 11.7. The van der Waals surface area contributed by atoms with Gasteiger partial charge in [0.25, 0.3) is 0 Å². The Morgan fingerprint density at radius 2 is 1.86 bits per heavy atom. The number of hydrogen-bond donors (Lipinski definition) is 1. The van der Waals surface area contributed by atoms with E-state index in [1.165, 1.54) is 43.2 Å². The normalized spacial score (nSPS) is 14.0. The molecular weight excluding hydrogens is 460 g/mol. The number of nitrogens with zero attached hydrogens (tertiary/aromatic N) is 5. The van der Waals surface area contributed by atoms with Crippen molar-refractivity contribution in [2.24, 2.45) is 0 Å². The van der Waals surface area contributed by atoms with Gasteiger partial charge in [0.05, 0.1) is 27.5 Å². The summed E-state index contributed by atoms with van der Waals surface area (Å²) in [6.45, 7) is 0. The van der Waals surface area contributed by atoms with Crippen molar-refractivity contribution in [1.82, 2.24) is 15.0 Å². The summed E-state index contributed by atoms with van der Waals surface area (Å²) in [5.74, 6) is 1.34. The molecule has 0 radical (unpaired) electrons. The van der Waals surface area contributed by atoms with Gasteiger partial charge in [0.15, 0.2) is 0 Å². The van der Waals surface area contributed by atoms with Crippen LogP contribution in [0.1, 0.15) is 43.0 Å². The molecule has 1 aromatic carbocycles. The molecule has 0 spiro atoms. The van der Waals surface area contributed by atoms with Gasteiger partial charge in [0.2, 0.25) is 5.82 Å². The lowest BCUT2D eigenvalue weighted by molar-refractivity contribution is -0.384. The zero-order chi connectivity index (χ0) is 24.2. The monoisotopic (exact) mass is 486 g/mol. The second kappa shape index (κ2) is 10.2. The van der Waals surface area contributed by atoms with E-state index in [9.17, 15) is 10.1 Å². The van der Waals surface area contributed by atoms with E-state index in [-0.39, 0.29) is 11.5 Å². The van der Waals surface area contributed by atoms with Gasteiger partial charge in [0.1, 0.15) is 5.82 Å². The molecule has 0 saturated heterocycles. The first-order valence-corrected chi connectivity index (χ1v) is 12.6. The molecule has 5 rings (SSSR count). The molecule has 1 fully saturated rings. The van der Waals surface area contributed by atoms with E-state index in [1.54, 1.807) is 29.8 Å². The number of benzene rings is 1. The number of aromatic nitrogens is 3. The fourth-order valence-corrected chi connectivity index (χ4v) is 5.37. The first-order chi connectivity index (χ1) is 17.1. The van der Waals surface area contributed by atoms with E-state index in [2.05, 4.69) is 20.7 Å². The number of nitrogens with one attached hydrogen (secondary N) is 1. The number of anilines is 4. The molecule has 8 nitrogen and oxygen atoms in total. The Hall–Kier alpha value is -3.85. The molecule has 1 saturated carbocycles. The number of nitro groups is 1. The number of rotatable bonds is 7. The lowest BCUT2D eigenvalue weighted by atomic mass is 9.90. The topological polar surface area (TPSA) is 97.1 Å². The van der Waals surface area contributed by atoms with Crippen LogP contribution < -0.4 is 10.2 Å². The quantitative estimate of drug-likeness (QED) is 0.220. The van der Waals surface area contributed by atoms with Crippen LogP contribution in [-0.4, -0.2) is 26.9 Å². The van der Waals surface area contributed by atoms with Gasteiger partial charge < -0.3 is 10.2 Å². The van der Waals surface area contributed by atoms with E-state index in [4.69, 9.17) is 4.98 Å². The molecule has 9 heteroatoms. The molecule has 1 aliphatic carbocycles. The number of thiazole rings is 1. The van der Waals surface area contributed by atoms with Crippen LogP contribution in [0.15, 0.2) is 66.3 Å². The predicted octanol–water partition coefficient (Wildman–Crippen LogP) is 7.07. The van der Waals surface area contributed by atoms with Crippen LogP contribution in [0.5, 0.6) is 0 Å². The molecule has 178 valence electrons. The van der Waals surface area contributed by atoms with Crippen LogP contribution in [0.3, 0.4) is 0 Å². The van der Waals surface area contributed by atoms with Gasteiger partial charge in [-0.15, -0.1) is 11.3 Å². The summed E-state index contributed by atoms with van der Waals surface area (Å²) in [5, 5.41) is 18.1. The highest BCUT2D eigenvalue weighted by atomic mass is 32.1. The van der Waals surface area contributed by atoms with Gasteiger partial charge in [-0.2, -0.15) is 0 Å². The maximum Gasteiger partial charge on any atom is 0.311 e. The molecule has 0 atom stereocenters. The third-order valence-electron chi connectivity index (χ3n) is 6.35. The zero-order valence-electron chi connectivity index (χ0n) is 19.4. The second-order valence-corrected chi connectivity index (χ2v) is 9.56. The van der Waals surface area contributed by atoms with Crippen molar-refractivity contribution in [3.05, 3.63) is 81.4 Å². The summed E-state index contributed by atoms with van der Waals surface area (Å²) in [5.41, 5.74) is 3.47. The Bertz CT molecular complexity index is 1300. The summed E-state index contributed by atoms with van der Waals surface area (Å²) < 4.78 is 0. The minimum Gasteiger partial charge on any atom is -0.334 e. The van der Waals surface area contributed by atoms with Crippen molar-refractivity contribution >= 4 is 40.0 Å². The second-order valence-electron chi connectivity index (χ2n) is 8.67. The van der Waals surface area contributed by atoms with Crippen LogP contribution in [-0.2, 0) is 0 Å². The largest absolute Gasteiger partial charge is 0.334 e. The average molecular weight is 487 g/mol. The highest BCUT2D eigenvalue weighted by Crippen LogP contribution is 2.36. The van der Waals surface area contributed by atoms with Crippen LogP contribution >= 0.6 is 11.3 Å². The minimum atomic E-state index is -0.431. The molecule has 3 aromatic heterocycles. The summed E-state index contributed by atoms with van der Waals surface area (Å²) in [6.07, 6.45) is 9.79. The van der Waals surface area contributed by atoms with Crippen molar-refractivity contribution in [3.8, 4) is 11.3 Å². The highest BCUT2D eigenvalue weighted by Gasteiger charge is 2.20. The molecule has 0 aliphatic heterocycles. The summed E-state index contributed by atoms with van der Waals surface area (Å²) in [4.78, 5) is 26.6. The molecule has 0 bridgehead atoms. The molecule has 0 unspecified atom stereocenters. The van der Waals surface area contributed by atoms with Crippen molar-refractivity contribution < 1.29 is 4.92 Å². The van der Waals surface area contributed by atoms with E-state index < -0.39 is 4.92 Å². The minimum absolute atomic E-state index is 0.0889. The van der Waals surface area contributed by atoms with Gasteiger partial charge in [0, 0.05) is 41.9 Å². The lowest BCUT2D eigenvalue weighted by Gasteiger charge is -2.19. The van der Waals surface area contributed by atoms with Crippen molar-refractivity contribution in [2.45, 2.75) is 38.0 Å². The van der Waals surface area contributed by atoms with Crippen LogP contribution in [0.25, 0.3) is 11.3 Å². The summed E-state index contributed by atoms with van der Waals surface area (Å²) in [7, 11) is 1.85. The van der Waals surface area contributed by atoms with Crippen LogP contribution in [0.4, 0.5) is 28.7 Å². The number of pyridine rings is 2. The SMILES string of the molecule is CN(c1cccnc1)c1ccc([N+](=O)[O-])c(Nc2ccc(-c3csc(C4CCCCC4)n3)cc2)n1. The standard InChI is InChI=1S/C26H26N6O2S/c1-31(21-8-5-15-27-16-21)24-14-13-23(32(33)34)25(30-24)28-20-11-9-18(10-12-20)22-17-35-26(29-22)19-6-3-2-4-7-19/h5,8-17,19H,2-4,6-7H2,1H3,(H,28,30). The van der Waals surface area contributed by atoms with E-state index in [1.807, 2.05) is 48.3 Å². The molecule has 1 aliphatic rings. The van der Waals surface area contributed by atoms with Gasteiger partial charge in [-0.1, -0.05) is 31.4 Å². The molecule has 1 N–H and O–H groups in total. The fraction of sp³-hybridized carbons (Fsp3) is 0.269. The Kier molecular flexibility index (Phi) is 6.67. The van der Waals surface area contributed by atoms with Gasteiger partial charge >= 0.3 is 5.69 Å². The molecule has 4 aromatic rings. The Morgan fingerprint density at radius 3 is 2.57 bits per heavy atom. The third-order valence-corrected chi connectivity index (χ3v) is 7.36. The van der Waals surface area contributed by atoms with Crippen molar-refractivity contribution in [3.63, 3.8) is 0 Å². The van der Waals surface area contributed by atoms with Gasteiger partial charge in [-0.05, 0) is 43.2 Å². The van der Waals surface area contributed by atoms with Crippen molar-refractivity contribution in [1.29, 1.82) is 0 Å². The third kappa shape index (κ3) is 5.14. The Balaban J connectivity index is 1.36. The maximum atomic E-state index is 11.6.